The van der Waals surface area contributed by atoms with Gasteiger partial charge in [-0.2, -0.15) is 0 Å². The average molecular weight is 245 g/mol. The molecule has 2 aromatic rings. The summed E-state index contributed by atoms with van der Waals surface area (Å²) in [5.41, 5.74) is 12.4. The van der Waals surface area contributed by atoms with Crippen molar-refractivity contribution in [1.82, 2.24) is 5.01 Å². The molecule has 0 aromatic heterocycles. The van der Waals surface area contributed by atoms with E-state index in [-0.39, 0.29) is 2.85 Å². The fourth-order valence-corrected chi connectivity index (χ4v) is 1.79. The highest BCUT2D eigenvalue weighted by Crippen LogP contribution is 2.13. The maximum atomic E-state index is 5.52. The van der Waals surface area contributed by atoms with Gasteiger partial charge in [0.1, 0.15) is 0 Å². The van der Waals surface area contributed by atoms with E-state index in [4.69, 9.17) is 5.73 Å². The van der Waals surface area contributed by atoms with Crippen molar-refractivity contribution >= 4 is 5.69 Å². The molecule has 0 fully saturated rings. The molecular weight excluding hydrogens is 222 g/mol. The van der Waals surface area contributed by atoms with Crippen LogP contribution in [0.3, 0.4) is 0 Å². The first-order valence-corrected chi connectivity index (χ1v) is 6.08. The second kappa shape index (κ2) is 6.19. The fraction of sp³-hybridized carbons (Fsp3) is 0.200. The van der Waals surface area contributed by atoms with Gasteiger partial charge in [0.2, 0.25) is 0 Å². The number of benzene rings is 2. The number of nitrogens with zero attached hydrogens (tertiary/aromatic N) is 1. The lowest BCUT2D eigenvalue weighted by atomic mass is 10.1. The van der Waals surface area contributed by atoms with Crippen molar-refractivity contribution < 1.29 is 2.85 Å². The SMILES string of the molecule is CN(CN)Nc1ccc(Cc2ccccc2)cc1.[HH].[HH]. The molecule has 0 unspecified atom stereocenters. The molecule has 3 N–H and O–H groups in total. The minimum Gasteiger partial charge on any atom is -0.318 e. The normalized spacial score (nSPS) is 10.6. The third-order valence-electron chi connectivity index (χ3n) is 2.80. The van der Waals surface area contributed by atoms with Crippen LogP contribution in [0.4, 0.5) is 5.69 Å². The predicted molar refractivity (Wildman–Crippen MR) is 80.4 cm³/mol. The Bertz CT molecular complexity index is 474. The monoisotopic (exact) mass is 245 g/mol. The molecule has 2 aromatic carbocycles. The third-order valence-corrected chi connectivity index (χ3v) is 2.80. The quantitative estimate of drug-likeness (QED) is 0.628. The summed E-state index contributed by atoms with van der Waals surface area (Å²) in [6, 6.07) is 18.9. The van der Waals surface area contributed by atoms with Gasteiger partial charge < -0.3 is 11.2 Å². The molecule has 0 aliphatic rings. The summed E-state index contributed by atoms with van der Waals surface area (Å²) in [7, 11) is 1.91. The largest absolute Gasteiger partial charge is 0.318 e. The Morgan fingerprint density at radius 3 is 2.22 bits per heavy atom. The van der Waals surface area contributed by atoms with Gasteiger partial charge in [-0.25, -0.2) is 5.01 Å². The molecule has 98 valence electrons. The molecule has 0 bridgehead atoms. The standard InChI is InChI=1S/C15H19N3.2H2/c1-18(12-16)17-15-9-7-14(8-10-15)11-13-5-3-2-4-6-13;;/h2-10,17H,11-12,16H2,1H3;2*1H. The number of nitrogens with one attached hydrogen (secondary N) is 1. The molecule has 0 saturated carbocycles. The summed E-state index contributed by atoms with van der Waals surface area (Å²) >= 11 is 0. The molecule has 2 rings (SSSR count). The Morgan fingerprint density at radius 2 is 1.61 bits per heavy atom. The van der Waals surface area contributed by atoms with E-state index < -0.39 is 0 Å². The van der Waals surface area contributed by atoms with E-state index >= 15 is 0 Å². The molecule has 0 radical (unpaired) electrons. The molecule has 0 amide bonds. The Labute approximate surface area is 111 Å². The molecule has 0 aliphatic heterocycles. The number of hydrogen-bond donors (Lipinski definition) is 2. The van der Waals surface area contributed by atoms with Gasteiger partial charge in [0, 0.05) is 15.6 Å². The average Bonchev–Trinajstić information content (AvgIpc) is 2.42. The third kappa shape index (κ3) is 3.58. The van der Waals surface area contributed by atoms with E-state index in [1.54, 1.807) is 0 Å². The number of anilines is 1. The van der Waals surface area contributed by atoms with Crippen LogP contribution in [0.15, 0.2) is 54.6 Å². The van der Waals surface area contributed by atoms with E-state index in [9.17, 15) is 0 Å². The highest BCUT2D eigenvalue weighted by molar-refractivity contribution is 5.44. The molecule has 18 heavy (non-hydrogen) atoms. The van der Waals surface area contributed by atoms with Gasteiger partial charge in [-0.1, -0.05) is 42.5 Å². The Morgan fingerprint density at radius 1 is 1.00 bits per heavy atom. The lowest BCUT2D eigenvalue weighted by Gasteiger charge is -2.16. The summed E-state index contributed by atoms with van der Waals surface area (Å²) in [5, 5.41) is 1.84. The van der Waals surface area contributed by atoms with Gasteiger partial charge in [-0.15, -0.1) is 0 Å². The Balaban J connectivity index is 0.00000180. The van der Waals surface area contributed by atoms with E-state index in [1.807, 2.05) is 18.1 Å². The molecule has 3 nitrogen and oxygen atoms in total. The van der Waals surface area contributed by atoms with Gasteiger partial charge >= 0.3 is 0 Å². The molecular formula is C15H23N3. The zero-order valence-electron chi connectivity index (χ0n) is 10.6. The zero-order chi connectivity index (χ0) is 12.8. The minimum absolute atomic E-state index is 0. The van der Waals surface area contributed by atoms with E-state index in [1.165, 1.54) is 11.1 Å². The van der Waals surface area contributed by atoms with Crippen LogP contribution in [0.25, 0.3) is 0 Å². The van der Waals surface area contributed by atoms with Crippen LogP contribution >= 0.6 is 0 Å². The smallest absolute Gasteiger partial charge is 0.0641 e. The van der Waals surface area contributed by atoms with E-state index in [0.29, 0.717) is 6.67 Å². The summed E-state index contributed by atoms with van der Waals surface area (Å²) < 4.78 is 0. The maximum absolute atomic E-state index is 5.52. The highest BCUT2D eigenvalue weighted by atomic mass is 15.5. The van der Waals surface area contributed by atoms with Gasteiger partial charge in [0.05, 0.1) is 6.67 Å². The van der Waals surface area contributed by atoms with E-state index in [0.717, 1.165) is 12.1 Å². The van der Waals surface area contributed by atoms with Crippen molar-refractivity contribution in [2.24, 2.45) is 5.73 Å². The van der Waals surface area contributed by atoms with Crippen LogP contribution in [0.5, 0.6) is 0 Å². The summed E-state index contributed by atoms with van der Waals surface area (Å²) in [5.74, 6) is 0. The number of hydrazine groups is 1. The van der Waals surface area contributed by atoms with Crippen LogP contribution in [0.1, 0.15) is 14.0 Å². The first-order chi connectivity index (χ1) is 8.78. The van der Waals surface area contributed by atoms with Crippen molar-refractivity contribution in [1.29, 1.82) is 0 Å². The highest BCUT2D eigenvalue weighted by Gasteiger charge is 1.98. The molecule has 0 heterocycles. The van der Waals surface area contributed by atoms with Crippen LogP contribution < -0.4 is 11.2 Å². The molecule has 0 saturated heterocycles. The first kappa shape index (κ1) is 12.6. The lowest BCUT2D eigenvalue weighted by molar-refractivity contribution is 0.415. The minimum atomic E-state index is 0. The van der Waals surface area contributed by atoms with Crippen LogP contribution in [-0.2, 0) is 6.42 Å². The van der Waals surface area contributed by atoms with Gasteiger partial charge in [-0.05, 0) is 29.7 Å². The van der Waals surface area contributed by atoms with Crippen molar-refractivity contribution in [3.63, 3.8) is 0 Å². The molecule has 0 aliphatic carbocycles. The second-order valence-electron chi connectivity index (χ2n) is 4.35. The number of rotatable bonds is 5. The van der Waals surface area contributed by atoms with Gasteiger partial charge in [-0.3, -0.25) is 0 Å². The van der Waals surface area contributed by atoms with Crippen molar-refractivity contribution in [2.45, 2.75) is 6.42 Å². The summed E-state index contributed by atoms with van der Waals surface area (Å²) in [4.78, 5) is 0. The number of nitrogens with two attached hydrogens (primary N) is 1. The predicted octanol–water partition coefficient (Wildman–Crippen LogP) is 2.94. The molecule has 0 spiro atoms. The molecule has 0 atom stereocenters. The zero-order valence-corrected chi connectivity index (χ0v) is 10.6. The van der Waals surface area contributed by atoms with Gasteiger partial charge in [0.25, 0.3) is 0 Å². The van der Waals surface area contributed by atoms with Gasteiger partial charge in [0.15, 0.2) is 0 Å². The maximum Gasteiger partial charge on any atom is 0.0641 e. The van der Waals surface area contributed by atoms with Crippen LogP contribution in [0, 0.1) is 0 Å². The van der Waals surface area contributed by atoms with Crippen molar-refractivity contribution in [3.8, 4) is 0 Å². The first-order valence-electron chi connectivity index (χ1n) is 6.08. The Kier molecular flexibility index (Phi) is 4.34. The second-order valence-corrected chi connectivity index (χ2v) is 4.35. The van der Waals surface area contributed by atoms with Crippen molar-refractivity contribution in [3.05, 3.63) is 65.7 Å². The van der Waals surface area contributed by atoms with Crippen LogP contribution in [-0.4, -0.2) is 18.7 Å². The number of hydrogen-bond acceptors (Lipinski definition) is 3. The fourth-order valence-electron chi connectivity index (χ4n) is 1.79. The molecule has 3 heteroatoms. The summed E-state index contributed by atoms with van der Waals surface area (Å²) in [6.45, 7) is 0.478. The topological polar surface area (TPSA) is 41.3 Å². The summed E-state index contributed by atoms with van der Waals surface area (Å²) in [6.07, 6.45) is 0.966. The Hall–Kier alpha value is -1.84. The van der Waals surface area contributed by atoms with Crippen LogP contribution in [0.2, 0.25) is 0 Å². The van der Waals surface area contributed by atoms with Crippen molar-refractivity contribution in [2.75, 3.05) is 19.1 Å². The van der Waals surface area contributed by atoms with E-state index in [2.05, 4.69) is 54.0 Å². The lowest BCUT2D eigenvalue weighted by Crippen LogP contribution is -2.31.